The van der Waals surface area contributed by atoms with Crippen LogP contribution in [-0.2, 0) is 13.1 Å². The van der Waals surface area contributed by atoms with Crippen LogP contribution >= 0.6 is 0 Å². The summed E-state index contributed by atoms with van der Waals surface area (Å²) in [5, 5.41) is 0. The van der Waals surface area contributed by atoms with E-state index in [1.54, 1.807) is 0 Å². The maximum absolute atomic E-state index is 13.2. The van der Waals surface area contributed by atoms with Gasteiger partial charge in [0, 0.05) is 13.1 Å². The highest BCUT2D eigenvalue weighted by Crippen LogP contribution is 2.44. The predicted molar refractivity (Wildman–Crippen MR) is 126 cm³/mol. The molecule has 3 aromatic carbocycles. The molecule has 0 unspecified atom stereocenters. The molecule has 0 saturated heterocycles. The molecule has 3 aromatic rings. The molecular formula is C28H27NO3. The third kappa shape index (κ3) is 3.82. The highest BCUT2D eigenvalue weighted by atomic mass is 16.5. The van der Waals surface area contributed by atoms with Crippen LogP contribution in [-0.4, -0.2) is 17.4 Å². The number of carbonyl (C=O) groups excluding carboxylic acids is 1. The van der Waals surface area contributed by atoms with E-state index in [2.05, 4.69) is 43.0 Å². The smallest absolute Gasteiger partial charge is 0.232 e. The lowest BCUT2D eigenvalue weighted by molar-refractivity contribution is 0.0872. The Kier molecular flexibility index (Phi) is 5.32. The quantitative estimate of drug-likeness (QED) is 0.475. The van der Waals surface area contributed by atoms with Crippen LogP contribution in [0.2, 0.25) is 0 Å². The average Bonchev–Trinajstić information content (AvgIpc) is 3.12. The van der Waals surface area contributed by atoms with Crippen LogP contribution in [0.4, 0.5) is 0 Å². The summed E-state index contributed by atoms with van der Waals surface area (Å²) >= 11 is 0. The van der Waals surface area contributed by atoms with Gasteiger partial charge in [-0.2, -0.15) is 0 Å². The molecule has 4 nitrogen and oxygen atoms in total. The van der Waals surface area contributed by atoms with Gasteiger partial charge in [-0.05, 0) is 47.2 Å². The monoisotopic (exact) mass is 425 g/mol. The molecule has 0 saturated carbocycles. The van der Waals surface area contributed by atoms with Crippen molar-refractivity contribution in [2.24, 2.45) is 0 Å². The van der Waals surface area contributed by atoms with E-state index >= 15 is 0 Å². The van der Waals surface area contributed by atoms with E-state index in [1.807, 2.05) is 49.4 Å². The Hall–Kier alpha value is -3.37. The van der Waals surface area contributed by atoms with Crippen LogP contribution in [0.15, 0.2) is 66.4 Å². The molecule has 0 amide bonds. The molecule has 0 fully saturated rings. The van der Waals surface area contributed by atoms with Crippen molar-refractivity contribution in [2.75, 3.05) is 6.73 Å². The number of fused-ring (bicyclic) bond motifs is 3. The molecule has 0 aliphatic carbocycles. The van der Waals surface area contributed by atoms with Gasteiger partial charge in [-0.1, -0.05) is 68.4 Å². The first-order chi connectivity index (χ1) is 15.5. The van der Waals surface area contributed by atoms with Crippen molar-refractivity contribution < 1.29 is 14.3 Å². The number of ketones is 1. The van der Waals surface area contributed by atoms with E-state index in [1.165, 1.54) is 11.1 Å². The first-order valence-electron chi connectivity index (χ1n) is 11.1. The van der Waals surface area contributed by atoms with Crippen LogP contribution < -0.4 is 9.47 Å². The third-order valence-electron chi connectivity index (χ3n) is 6.14. The normalized spacial score (nSPS) is 16.6. The van der Waals surface area contributed by atoms with Crippen molar-refractivity contribution in [1.82, 2.24) is 4.90 Å². The van der Waals surface area contributed by atoms with E-state index in [4.69, 9.17) is 9.47 Å². The number of hydrogen-bond donors (Lipinski definition) is 0. The van der Waals surface area contributed by atoms with Gasteiger partial charge < -0.3 is 9.47 Å². The number of benzene rings is 3. The zero-order valence-corrected chi connectivity index (χ0v) is 18.7. The summed E-state index contributed by atoms with van der Waals surface area (Å²) < 4.78 is 12.2. The van der Waals surface area contributed by atoms with Gasteiger partial charge in [-0.15, -0.1) is 0 Å². The van der Waals surface area contributed by atoms with E-state index in [0.717, 1.165) is 29.0 Å². The highest BCUT2D eigenvalue weighted by molar-refractivity contribution is 6.15. The van der Waals surface area contributed by atoms with Crippen LogP contribution in [0.3, 0.4) is 0 Å². The molecule has 0 N–H and O–H groups in total. The van der Waals surface area contributed by atoms with E-state index < -0.39 is 0 Å². The molecule has 2 aliphatic heterocycles. The molecule has 5 rings (SSSR count). The Bertz CT molecular complexity index is 1190. The summed E-state index contributed by atoms with van der Waals surface area (Å²) in [7, 11) is 0. The maximum atomic E-state index is 13.2. The Balaban J connectivity index is 1.44. The fourth-order valence-electron chi connectivity index (χ4n) is 4.35. The summed E-state index contributed by atoms with van der Waals surface area (Å²) in [6.45, 7) is 8.25. The zero-order valence-electron chi connectivity index (χ0n) is 18.7. The number of Topliss-reactive ketones (excluding diaryl/α,β-unsaturated/α-hetero) is 1. The summed E-state index contributed by atoms with van der Waals surface area (Å²) in [4.78, 5) is 15.4. The minimum absolute atomic E-state index is 0.0616. The molecule has 0 aromatic heterocycles. The van der Waals surface area contributed by atoms with Crippen molar-refractivity contribution in [3.8, 4) is 11.5 Å². The Labute approximate surface area is 189 Å². The van der Waals surface area contributed by atoms with Crippen LogP contribution in [0, 0.1) is 6.92 Å². The Morgan fingerprint density at radius 3 is 2.53 bits per heavy atom. The summed E-state index contributed by atoms with van der Waals surface area (Å²) in [6.07, 6.45) is 1.84. The second-order valence-corrected chi connectivity index (χ2v) is 8.88. The zero-order chi connectivity index (χ0) is 22.2. The van der Waals surface area contributed by atoms with Crippen molar-refractivity contribution in [3.05, 3.63) is 99.8 Å². The van der Waals surface area contributed by atoms with Gasteiger partial charge in [-0.3, -0.25) is 9.69 Å². The lowest BCUT2D eigenvalue weighted by Crippen LogP contribution is -2.31. The first-order valence-corrected chi connectivity index (χ1v) is 11.1. The van der Waals surface area contributed by atoms with Gasteiger partial charge in [0.2, 0.25) is 5.78 Å². The van der Waals surface area contributed by atoms with Gasteiger partial charge in [0.15, 0.2) is 5.76 Å². The summed E-state index contributed by atoms with van der Waals surface area (Å²) in [6, 6.07) is 20.6. The minimum Gasteiger partial charge on any atom is -0.478 e. The van der Waals surface area contributed by atoms with Crippen molar-refractivity contribution in [2.45, 2.75) is 39.8 Å². The molecular weight excluding hydrogens is 398 g/mol. The van der Waals surface area contributed by atoms with Crippen molar-refractivity contribution in [1.29, 1.82) is 0 Å². The molecule has 2 heterocycles. The highest BCUT2D eigenvalue weighted by Gasteiger charge is 2.35. The first kappa shape index (κ1) is 20.5. The largest absolute Gasteiger partial charge is 0.478 e. The standard InChI is InChI=1S/C28H27NO3/c1-18(2)22-11-9-20(10-12-22)14-25-27(30)26-19(3)13-24-23(28(26)32-25)16-29(17-31-24)15-21-7-5-4-6-8-21/h4-14,18H,15-17H2,1-3H3/b25-14-. The molecule has 2 aliphatic rings. The molecule has 0 spiro atoms. The number of allylic oxidation sites excluding steroid dienone is 1. The number of nitrogens with zero attached hydrogens (tertiary/aromatic N) is 1. The second kappa shape index (κ2) is 8.29. The SMILES string of the molecule is Cc1cc2c(c3c1C(=O)/C(=C/c1ccc(C(C)C)cc1)O3)CN(Cc1ccccc1)CO2. The van der Waals surface area contributed by atoms with Gasteiger partial charge in [0.05, 0.1) is 11.1 Å². The summed E-state index contributed by atoms with van der Waals surface area (Å²) in [5.41, 5.74) is 5.94. The molecule has 0 atom stereocenters. The maximum Gasteiger partial charge on any atom is 0.232 e. The van der Waals surface area contributed by atoms with Gasteiger partial charge >= 0.3 is 0 Å². The van der Waals surface area contributed by atoms with Crippen LogP contribution in [0.5, 0.6) is 11.5 Å². The molecule has 32 heavy (non-hydrogen) atoms. The second-order valence-electron chi connectivity index (χ2n) is 8.88. The fourth-order valence-corrected chi connectivity index (χ4v) is 4.35. The molecule has 0 bridgehead atoms. The van der Waals surface area contributed by atoms with Crippen molar-refractivity contribution >= 4 is 11.9 Å². The average molecular weight is 426 g/mol. The number of aryl methyl sites for hydroxylation is 1. The van der Waals surface area contributed by atoms with Gasteiger partial charge in [0.25, 0.3) is 0 Å². The topological polar surface area (TPSA) is 38.8 Å². The van der Waals surface area contributed by atoms with E-state index in [0.29, 0.717) is 36.3 Å². The van der Waals surface area contributed by atoms with Gasteiger partial charge in [-0.25, -0.2) is 0 Å². The van der Waals surface area contributed by atoms with Crippen molar-refractivity contribution in [3.63, 3.8) is 0 Å². The van der Waals surface area contributed by atoms with E-state index in [9.17, 15) is 4.79 Å². The molecule has 0 radical (unpaired) electrons. The van der Waals surface area contributed by atoms with Crippen LogP contribution in [0.25, 0.3) is 6.08 Å². The Morgan fingerprint density at radius 2 is 1.81 bits per heavy atom. The third-order valence-corrected chi connectivity index (χ3v) is 6.14. The number of carbonyl (C=O) groups is 1. The lowest BCUT2D eigenvalue weighted by atomic mass is 9.98. The van der Waals surface area contributed by atoms with E-state index in [-0.39, 0.29) is 5.78 Å². The summed E-state index contributed by atoms with van der Waals surface area (Å²) in [5.74, 6) is 2.23. The number of ether oxygens (including phenoxy) is 2. The number of rotatable bonds is 4. The predicted octanol–water partition coefficient (Wildman–Crippen LogP) is 6.09. The molecule has 162 valence electrons. The fraction of sp³-hybridized carbons (Fsp3) is 0.250. The minimum atomic E-state index is -0.0616. The number of hydrogen-bond acceptors (Lipinski definition) is 4. The Morgan fingerprint density at radius 1 is 1.06 bits per heavy atom. The lowest BCUT2D eigenvalue weighted by Gasteiger charge is -2.30. The van der Waals surface area contributed by atoms with Gasteiger partial charge in [0.1, 0.15) is 18.2 Å². The van der Waals surface area contributed by atoms with Crippen LogP contribution in [0.1, 0.15) is 57.9 Å². The molecule has 4 heteroatoms.